The molecule has 0 fully saturated rings. The van der Waals surface area contributed by atoms with E-state index in [1.807, 2.05) is 13.0 Å². The van der Waals surface area contributed by atoms with Crippen molar-refractivity contribution >= 4 is 33.3 Å². The maximum absolute atomic E-state index is 11.7. The lowest BCUT2D eigenvalue weighted by molar-refractivity contribution is -0.119. The van der Waals surface area contributed by atoms with Crippen LogP contribution in [0.1, 0.15) is 13.3 Å². The third-order valence-electron chi connectivity index (χ3n) is 2.49. The molecule has 80 valence electrons. The number of nitrogens with zero attached hydrogens (tertiary/aromatic N) is 1. The number of carbonyl (C=O) groups is 1. The number of nitrogens with one attached hydrogen (secondary N) is 2. The molecule has 0 spiro atoms. The Morgan fingerprint density at radius 3 is 3.20 bits per heavy atom. The van der Waals surface area contributed by atoms with Crippen LogP contribution in [0.15, 0.2) is 16.7 Å². The first-order valence-electron chi connectivity index (χ1n) is 4.91. The first-order chi connectivity index (χ1) is 7.20. The van der Waals surface area contributed by atoms with Gasteiger partial charge in [0.1, 0.15) is 5.82 Å². The number of aromatic nitrogens is 1. The molecule has 0 aromatic carbocycles. The van der Waals surface area contributed by atoms with Gasteiger partial charge in [0.15, 0.2) is 0 Å². The van der Waals surface area contributed by atoms with Crippen molar-refractivity contribution in [1.82, 2.24) is 4.98 Å². The maximum Gasteiger partial charge on any atom is 0.229 e. The molecule has 5 heteroatoms. The van der Waals surface area contributed by atoms with Crippen LogP contribution in [-0.4, -0.2) is 17.4 Å². The third-order valence-corrected chi connectivity index (χ3v) is 2.93. The van der Waals surface area contributed by atoms with Crippen molar-refractivity contribution in [1.29, 1.82) is 0 Å². The predicted octanol–water partition coefficient (Wildman–Crippen LogP) is 2.23. The Morgan fingerprint density at radius 2 is 2.47 bits per heavy atom. The number of amides is 1. The fourth-order valence-electron chi connectivity index (χ4n) is 1.55. The van der Waals surface area contributed by atoms with Crippen LogP contribution in [0.4, 0.5) is 11.5 Å². The molecule has 1 aromatic heterocycles. The smallest absolute Gasteiger partial charge is 0.229 e. The van der Waals surface area contributed by atoms with E-state index in [0.717, 1.165) is 22.4 Å². The largest absolute Gasteiger partial charge is 0.368 e. The highest BCUT2D eigenvalue weighted by atomic mass is 79.9. The summed E-state index contributed by atoms with van der Waals surface area (Å²) in [6.07, 6.45) is 2.54. The lowest BCUT2D eigenvalue weighted by Gasteiger charge is -2.08. The number of hydrogen-bond donors (Lipinski definition) is 2. The molecule has 1 aliphatic heterocycles. The first kappa shape index (κ1) is 10.4. The minimum absolute atomic E-state index is 0.0120. The monoisotopic (exact) mass is 269 g/mol. The fraction of sp³-hybridized carbons (Fsp3) is 0.400. The zero-order valence-electron chi connectivity index (χ0n) is 8.38. The van der Waals surface area contributed by atoms with Gasteiger partial charge in [-0.05, 0) is 28.4 Å². The zero-order chi connectivity index (χ0) is 10.8. The van der Waals surface area contributed by atoms with Crippen LogP contribution in [0.2, 0.25) is 0 Å². The summed E-state index contributed by atoms with van der Waals surface area (Å²) in [4.78, 5) is 15.9. The van der Waals surface area contributed by atoms with Crippen LogP contribution in [0.5, 0.6) is 0 Å². The van der Waals surface area contributed by atoms with E-state index in [1.54, 1.807) is 6.20 Å². The average molecular weight is 270 g/mol. The van der Waals surface area contributed by atoms with E-state index < -0.39 is 0 Å². The second-order valence-electron chi connectivity index (χ2n) is 3.53. The van der Waals surface area contributed by atoms with Crippen molar-refractivity contribution in [3.8, 4) is 0 Å². The molecule has 2 N–H and O–H groups in total. The van der Waals surface area contributed by atoms with Gasteiger partial charge in [-0.15, -0.1) is 0 Å². The highest BCUT2D eigenvalue weighted by Gasteiger charge is 2.22. The topological polar surface area (TPSA) is 54.0 Å². The summed E-state index contributed by atoms with van der Waals surface area (Å²) in [6, 6.07) is 1.85. The second-order valence-corrected chi connectivity index (χ2v) is 4.44. The fourth-order valence-corrected chi connectivity index (χ4v) is 1.88. The molecule has 0 radical (unpaired) electrons. The van der Waals surface area contributed by atoms with E-state index in [0.29, 0.717) is 6.54 Å². The lowest BCUT2D eigenvalue weighted by atomic mass is 10.1. The van der Waals surface area contributed by atoms with Crippen molar-refractivity contribution in [3.05, 3.63) is 16.7 Å². The SMILES string of the molecule is CCC1CNc2ncc(Br)cc2NC1=O. The first-order valence-corrected chi connectivity index (χ1v) is 5.70. The Hall–Kier alpha value is -1.10. The number of anilines is 2. The summed E-state index contributed by atoms with van der Waals surface area (Å²) in [7, 11) is 0. The Labute approximate surface area is 96.6 Å². The molecule has 1 aromatic rings. The molecule has 1 atom stereocenters. The number of rotatable bonds is 1. The summed E-state index contributed by atoms with van der Waals surface area (Å²) in [5.74, 6) is 0.809. The molecule has 2 rings (SSSR count). The minimum atomic E-state index is 0.0120. The standard InChI is InChI=1S/C10H12BrN3O/c1-2-6-4-12-9-8(14-10(6)15)3-7(11)5-13-9/h3,5-6H,2,4H2,1H3,(H,12,13)(H,14,15). The van der Waals surface area contributed by atoms with Crippen molar-refractivity contribution in [2.75, 3.05) is 17.2 Å². The molecule has 1 aliphatic rings. The highest BCUT2D eigenvalue weighted by molar-refractivity contribution is 9.10. The number of carbonyl (C=O) groups excluding carboxylic acids is 1. The van der Waals surface area contributed by atoms with Gasteiger partial charge in [-0.2, -0.15) is 0 Å². The molecule has 1 amide bonds. The Balaban J connectivity index is 2.31. The van der Waals surface area contributed by atoms with Crippen LogP contribution in [0, 0.1) is 5.92 Å². The molecular formula is C10H12BrN3O. The maximum atomic E-state index is 11.7. The van der Waals surface area contributed by atoms with Crippen LogP contribution < -0.4 is 10.6 Å². The number of pyridine rings is 1. The van der Waals surface area contributed by atoms with Gasteiger partial charge in [0.05, 0.1) is 11.6 Å². The normalized spacial score (nSPS) is 19.9. The van der Waals surface area contributed by atoms with Gasteiger partial charge in [0, 0.05) is 17.2 Å². The zero-order valence-corrected chi connectivity index (χ0v) is 9.97. The highest BCUT2D eigenvalue weighted by Crippen LogP contribution is 2.26. The van der Waals surface area contributed by atoms with Gasteiger partial charge < -0.3 is 10.6 Å². The van der Waals surface area contributed by atoms with Crippen LogP contribution in [-0.2, 0) is 4.79 Å². The summed E-state index contributed by atoms with van der Waals surface area (Å²) in [5, 5.41) is 6.04. The minimum Gasteiger partial charge on any atom is -0.368 e. The van der Waals surface area contributed by atoms with Crippen molar-refractivity contribution in [3.63, 3.8) is 0 Å². The van der Waals surface area contributed by atoms with Gasteiger partial charge in [0.25, 0.3) is 0 Å². The molecule has 0 bridgehead atoms. The molecule has 0 aliphatic carbocycles. The van der Waals surface area contributed by atoms with E-state index in [2.05, 4.69) is 31.5 Å². The third kappa shape index (κ3) is 2.12. The van der Waals surface area contributed by atoms with E-state index in [1.165, 1.54) is 0 Å². The van der Waals surface area contributed by atoms with Gasteiger partial charge in [-0.3, -0.25) is 4.79 Å². The summed E-state index contributed by atoms with van der Waals surface area (Å²) < 4.78 is 0.860. The molecule has 0 saturated heterocycles. The Bertz CT molecular complexity index is 394. The van der Waals surface area contributed by atoms with Gasteiger partial charge in [0.2, 0.25) is 5.91 Å². The van der Waals surface area contributed by atoms with E-state index in [-0.39, 0.29) is 11.8 Å². The quantitative estimate of drug-likeness (QED) is 0.822. The van der Waals surface area contributed by atoms with Gasteiger partial charge in [-0.1, -0.05) is 6.92 Å². The summed E-state index contributed by atoms with van der Waals surface area (Å²) in [5.41, 5.74) is 0.741. The molecule has 2 heterocycles. The molecular weight excluding hydrogens is 258 g/mol. The van der Waals surface area contributed by atoms with Crippen LogP contribution in [0.3, 0.4) is 0 Å². The number of halogens is 1. The van der Waals surface area contributed by atoms with Crippen LogP contribution in [0.25, 0.3) is 0 Å². The molecule has 1 unspecified atom stereocenters. The second kappa shape index (κ2) is 4.18. The molecule has 0 saturated carbocycles. The van der Waals surface area contributed by atoms with Crippen molar-refractivity contribution in [2.45, 2.75) is 13.3 Å². The summed E-state index contributed by atoms with van der Waals surface area (Å²) in [6.45, 7) is 2.65. The predicted molar refractivity (Wildman–Crippen MR) is 62.8 cm³/mol. The van der Waals surface area contributed by atoms with E-state index in [9.17, 15) is 4.79 Å². The number of fused-ring (bicyclic) bond motifs is 1. The van der Waals surface area contributed by atoms with E-state index in [4.69, 9.17) is 0 Å². The number of hydrogen-bond acceptors (Lipinski definition) is 3. The lowest BCUT2D eigenvalue weighted by Crippen LogP contribution is -2.24. The molecule has 15 heavy (non-hydrogen) atoms. The van der Waals surface area contributed by atoms with E-state index >= 15 is 0 Å². The molecule has 4 nitrogen and oxygen atoms in total. The van der Waals surface area contributed by atoms with Gasteiger partial charge >= 0.3 is 0 Å². The summed E-state index contributed by atoms with van der Waals surface area (Å²) >= 11 is 3.33. The Kier molecular flexibility index (Phi) is 2.90. The van der Waals surface area contributed by atoms with Gasteiger partial charge in [-0.25, -0.2) is 4.98 Å². The van der Waals surface area contributed by atoms with Crippen LogP contribution >= 0.6 is 15.9 Å². The van der Waals surface area contributed by atoms with Crippen molar-refractivity contribution in [2.24, 2.45) is 5.92 Å². The Morgan fingerprint density at radius 1 is 1.67 bits per heavy atom. The average Bonchev–Trinajstić information content (AvgIpc) is 2.35. The van der Waals surface area contributed by atoms with Crippen molar-refractivity contribution < 1.29 is 4.79 Å².